The van der Waals surface area contributed by atoms with Crippen LogP contribution in [0.15, 0.2) is 18.2 Å². The largest absolute Gasteiger partial charge is 0.496 e. The summed E-state index contributed by atoms with van der Waals surface area (Å²) in [5.41, 5.74) is 2.39. The lowest BCUT2D eigenvalue weighted by atomic mass is 9.98. The highest BCUT2D eigenvalue weighted by molar-refractivity contribution is 5.51. The zero-order chi connectivity index (χ0) is 13.1. The number of piperidine rings is 1. The molecule has 1 heterocycles. The molecule has 1 aromatic carbocycles. The van der Waals surface area contributed by atoms with Gasteiger partial charge in [0.15, 0.2) is 0 Å². The third-order valence-corrected chi connectivity index (χ3v) is 3.97. The molecule has 2 atom stereocenters. The zero-order valence-corrected chi connectivity index (χ0v) is 11.9. The first-order chi connectivity index (χ1) is 8.60. The molecule has 2 unspecified atom stereocenters. The number of nitrogens with zero attached hydrogens (tertiary/aromatic N) is 1. The van der Waals surface area contributed by atoms with E-state index in [9.17, 15) is 0 Å². The van der Waals surface area contributed by atoms with Crippen LogP contribution in [0.3, 0.4) is 0 Å². The topological polar surface area (TPSA) is 24.5 Å². The Hall–Kier alpha value is -1.22. The third kappa shape index (κ3) is 2.96. The van der Waals surface area contributed by atoms with E-state index in [4.69, 9.17) is 4.74 Å². The van der Waals surface area contributed by atoms with Gasteiger partial charge in [-0.15, -0.1) is 0 Å². The quantitative estimate of drug-likeness (QED) is 0.890. The Morgan fingerprint density at radius 2 is 2.17 bits per heavy atom. The maximum Gasteiger partial charge on any atom is 0.121 e. The van der Waals surface area contributed by atoms with Crippen LogP contribution in [0.25, 0.3) is 0 Å². The number of rotatable bonds is 3. The second-order valence-electron chi connectivity index (χ2n) is 5.38. The predicted octanol–water partition coefficient (Wildman–Crippen LogP) is 2.90. The molecular formula is C15H24N2O. The second-order valence-corrected chi connectivity index (χ2v) is 5.38. The van der Waals surface area contributed by atoms with Crippen LogP contribution in [0, 0.1) is 6.92 Å². The van der Waals surface area contributed by atoms with E-state index in [1.165, 1.54) is 30.6 Å². The smallest absolute Gasteiger partial charge is 0.121 e. The van der Waals surface area contributed by atoms with Gasteiger partial charge < -0.3 is 15.0 Å². The summed E-state index contributed by atoms with van der Waals surface area (Å²) in [6, 6.07) is 7.56. The summed E-state index contributed by atoms with van der Waals surface area (Å²) >= 11 is 0. The van der Waals surface area contributed by atoms with Crippen molar-refractivity contribution in [3.63, 3.8) is 0 Å². The van der Waals surface area contributed by atoms with Crippen LogP contribution in [0.5, 0.6) is 5.75 Å². The Morgan fingerprint density at radius 1 is 1.39 bits per heavy atom. The Bertz CT molecular complexity index is 405. The van der Waals surface area contributed by atoms with Gasteiger partial charge in [-0.2, -0.15) is 0 Å². The van der Waals surface area contributed by atoms with Crippen molar-refractivity contribution in [1.29, 1.82) is 0 Å². The lowest BCUT2D eigenvalue weighted by Crippen LogP contribution is -2.42. The van der Waals surface area contributed by atoms with Gasteiger partial charge in [0.2, 0.25) is 0 Å². The molecule has 0 saturated carbocycles. The van der Waals surface area contributed by atoms with E-state index in [0.29, 0.717) is 12.1 Å². The molecule has 3 heteroatoms. The predicted molar refractivity (Wildman–Crippen MR) is 76.5 cm³/mol. The molecule has 0 radical (unpaired) electrons. The van der Waals surface area contributed by atoms with Gasteiger partial charge in [0.05, 0.1) is 7.11 Å². The van der Waals surface area contributed by atoms with E-state index in [1.807, 2.05) is 6.07 Å². The average Bonchev–Trinajstić information content (AvgIpc) is 2.34. The Labute approximate surface area is 110 Å². The van der Waals surface area contributed by atoms with Crippen molar-refractivity contribution in [2.24, 2.45) is 0 Å². The van der Waals surface area contributed by atoms with Gasteiger partial charge in [-0.3, -0.25) is 0 Å². The number of nitrogens with one attached hydrogen (secondary N) is 1. The lowest BCUT2D eigenvalue weighted by molar-refractivity contribution is 0.190. The molecule has 0 aromatic heterocycles. The number of hydrogen-bond donors (Lipinski definition) is 1. The number of benzene rings is 1. The number of aryl methyl sites for hydroxylation is 1. The average molecular weight is 248 g/mol. The molecule has 0 aliphatic carbocycles. The molecule has 100 valence electrons. The maximum atomic E-state index is 5.29. The third-order valence-electron chi connectivity index (χ3n) is 3.97. The zero-order valence-electron chi connectivity index (χ0n) is 11.9. The fourth-order valence-corrected chi connectivity index (χ4v) is 2.62. The van der Waals surface area contributed by atoms with Crippen molar-refractivity contribution >= 4 is 5.69 Å². The molecule has 1 aromatic rings. The van der Waals surface area contributed by atoms with Crippen LogP contribution in [-0.4, -0.2) is 37.7 Å². The fraction of sp³-hybridized carbons (Fsp3) is 0.600. The van der Waals surface area contributed by atoms with Gasteiger partial charge in [0, 0.05) is 24.3 Å². The van der Waals surface area contributed by atoms with E-state index >= 15 is 0 Å². The monoisotopic (exact) mass is 248 g/mol. The van der Waals surface area contributed by atoms with Gasteiger partial charge >= 0.3 is 0 Å². The summed E-state index contributed by atoms with van der Waals surface area (Å²) in [5.74, 6) is 0.956. The highest BCUT2D eigenvalue weighted by Gasteiger charge is 2.22. The van der Waals surface area contributed by atoms with E-state index in [2.05, 4.69) is 43.2 Å². The van der Waals surface area contributed by atoms with Crippen LogP contribution < -0.4 is 10.1 Å². The minimum absolute atomic E-state index is 0.587. The first-order valence-corrected chi connectivity index (χ1v) is 6.71. The summed E-state index contributed by atoms with van der Waals surface area (Å²) in [5, 5.41) is 3.64. The van der Waals surface area contributed by atoms with Gasteiger partial charge in [-0.1, -0.05) is 0 Å². The van der Waals surface area contributed by atoms with Crippen molar-refractivity contribution in [3.8, 4) is 5.75 Å². The van der Waals surface area contributed by atoms with Gasteiger partial charge in [-0.25, -0.2) is 0 Å². The molecule has 1 saturated heterocycles. The first kappa shape index (κ1) is 13.2. The Balaban J connectivity index is 1.99. The SMILES string of the molecule is COc1ccc(NC2CCN(C)C(C)C2)cc1C. The minimum atomic E-state index is 0.587. The second kappa shape index (κ2) is 5.61. The molecular weight excluding hydrogens is 224 g/mol. The van der Waals surface area contributed by atoms with Crippen molar-refractivity contribution in [2.75, 3.05) is 26.0 Å². The number of methoxy groups -OCH3 is 1. The summed E-state index contributed by atoms with van der Waals surface area (Å²) in [6.45, 7) is 5.56. The minimum Gasteiger partial charge on any atom is -0.496 e. The normalized spacial score (nSPS) is 24.9. The summed E-state index contributed by atoms with van der Waals surface area (Å²) in [6.07, 6.45) is 2.42. The Kier molecular flexibility index (Phi) is 4.12. The highest BCUT2D eigenvalue weighted by atomic mass is 16.5. The molecule has 18 heavy (non-hydrogen) atoms. The van der Waals surface area contributed by atoms with Crippen molar-refractivity contribution in [1.82, 2.24) is 4.90 Å². The molecule has 0 spiro atoms. The van der Waals surface area contributed by atoms with Gasteiger partial charge in [-0.05, 0) is 57.5 Å². The van der Waals surface area contributed by atoms with E-state index in [1.54, 1.807) is 7.11 Å². The molecule has 1 fully saturated rings. The van der Waals surface area contributed by atoms with Crippen molar-refractivity contribution in [2.45, 2.75) is 38.8 Å². The van der Waals surface area contributed by atoms with E-state index < -0.39 is 0 Å². The van der Waals surface area contributed by atoms with E-state index in [0.717, 1.165) is 5.75 Å². The van der Waals surface area contributed by atoms with Crippen molar-refractivity contribution < 1.29 is 4.74 Å². The number of likely N-dealkylation sites (tertiary alicyclic amines) is 1. The van der Waals surface area contributed by atoms with Crippen LogP contribution in [0.1, 0.15) is 25.3 Å². The Morgan fingerprint density at radius 3 is 2.78 bits per heavy atom. The van der Waals surface area contributed by atoms with Crippen LogP contribution in [-0.2, 0) is 0 Å². The fourth-order valence-electron chi connectivity index (χ4n) is 2.62. The molecule has 3 nitrogen and oxygen atoms in total. The van der Waals surface area contributed by atoms with Crippen LogP contribution >= 0.6 is 0 Å². The standard InChI is InChI=1S/C15H24N2O/c1-11-9-13(5-6-15(11)18-4)16-14-7-8-17(3)12(2)10-14/h5-6,9,12,14,16H,7-8,10H2,1-4H3. The summed E-state index contributed by atoms with van der Waals surface area (Å²) in [4.78, 5) is 2.43. The molecule has 1 N–H and O–H groups in total. The highest BCUT2D eigenvalue weighted by Crippen LogP contribution is 2.24. The summed E-state index contributed by atoms with van der Waals surface area (Å²) in [7, 11) is 3.92. The summed E-state index contributed by atoms with van der Waals surface area (Å²) < 4.78 is 5.29. The van der Waals surface area contributed by atoms with Gasteiger partial charge in [0.1, 0.15) is 5.75 Å². The van der Waals surface area contributed by atoms with Crippen LogP contribution in [0.4, 0.5) is 5.69 Å². The number of hydrogen-bond acceptors (Lipinski definition) is 3. The van der Waals surface area contributed by atoms with Crippen molar-refractivity contribution in [3.05, 3.63) is 23.8 Å². The molecule has 1 aliphatic heterocycles. The lowest BCUT2D eigenvalue weighted by Gasteiger charge is -2.35. The maximum absolute atomic E-state index is 5.29. The van der Waals surface area contributed by atoms with Gasteiger partial charge in [0.25, 0.3) is 0 Å². The number of ether oxygens (including phenoxy) is 1. The molecule has 0 amide bonds. The molecule has 0 bridgehead atoms. The van der Waals surface area contributed by atoms with E-state index in [-0.39, 0.29) is 0 Å². The van der Waals surface area contributed by atoms with Crippen LogP contribution in [0.2, 0.25) is 0 Å². The number of anilines is 1. The first-order valence-electron chi connectivity index (χ1n) is 6.71. The molecule has 1 aliphatic rings. The molecule has 2 rings (SSSR count).